The lowest BCUT2D eigenvalue weighted by molar-refractivity contribution is 0.595. The molecule has 0 radical (unpaired) electrons. The molecule has 2 aromatic rings. The largest absolute Gasteiger partial charge is 0.263 e. The minimum absolute atomic E-state index is 0.121. The summed E-state index contributed by atoms with van der Waals surface area (Å²) in [5, 5.41) is 7.81. The molecule has 1 N–H and O–H groups in total. The molecular formula is C12H10Cl2FN3O2S3. The Morgan fingerprint density at radius 1 is 1.43 bits per heavy atom. The molecule has 3 rings (SSSR count). The van der Waals surface area contributed by atoms with E-state index in [1.807, 2.05) is 0 Å². The van der Waals surface area contributed by atoms with Crippen LogP contribution in [0.15, 0.2) is 33.5 Å². The van der Waals surface area contributed by atoms with Gasteiger partial charge in [0.05, 0.1) is 4.90 Å². The third-order valence-corrected chi connectivity index (χ3v) is 7.62. The van der Waals surface area contributed by atoms with Gasteiger partial charge >= 0.3 is 0 Å². The minimum atomic E-state index is -3.89. The van der Waals surface area contributed by atoms with Gasteiger partial charge in [0.1, 0.15) is 10.2 Å². The van der Waals surface area contributed by atoms with Gasteiger partial charge in [-0.2, -0.15) is 0 Å². The van der Waals surface area contributed by atoms with Crippen molar-refractivity contribution < 1.29 is 12.8 Å². The second kappa shape index (κ2) is 6.36. The standard InChI is InChI=1S/C12H10Cl2FN3O2S3/c13-12(14)5-7(12)6-21-11-17-16-10(22-11)18-23(19,20)9-3-1-2-8(15)4-9/h1-4,7H,5-6H2,(H,16,18). The van der Waals surface area contributed by atoms with Crippen molar-refractivity contribution in [3.63, 3.8) is 0 Å². The number of aromatic nitrogens is 2. The van der Waals surface area contributed by atoms with Crippen molar-refractivity contribution in [1.29, 1.82) is 0 Å². The highest BCUT2D eigenvalue weighted by Gasteiger charge is 2.51. The fraction of sp³-hybridized carbons (Fsp3) is 0.333. The molecule has 23 heavy (non-hydrogen) atoms. The van der Waals surface area contributed by atoms with Crippen LogP contribution in [-0.2, 0) is 10.0 Å². The second-order valence-corrected chi connectivity index (χ2v) is 10.4. The number of nitrogens with one attached hydrogen (secondary N) is 1. The summed E-state index contributed by atoms with van der Waals surface area (Å²) in [6.07, 6.45) is 0.737. The average molecular weight is 414 g/mol. The fourth-order valence-corrected chi connectivity index (χ4v) is 5.71. The Morgan fingerprint density at radius 2 is 2.17 bits per heavy atom. The molecule has 5 nitrogen and oxygen atoms in total. The van der Waals surface area contributed by atoms with Crippen LogP contribution >= 0.6 is 46.3 Å². The molecular weight excluding hydrogens is 404 g/mol. The van der Waals surface area contributed by atoms with Gasteiger partial charge < -0.3 is 0 Å². The Morgan fingerprint density at radius 3 is 2.83 bits per heavy atom. The van der Waals surface area contributed by atoms with E-state index in [9.17, 15) is 12.8 Å². The van der Waals surface area contributed by atoms with Crippen LogP contribution in [0.2, 0.25) is 0 Å². The molecule has 1 unspecified atom stereocenters. The first kappa shape index (κ1) is 17.2. The van der Waals surface area contributed by atoms with Gasteiger partial charge in [0, 0.05) is 11.7 Å². The zero-order valence-electron chi connectivity index (χ0n) is 11.4. The Bertz CT molecular complexity index is 828. The number of thioether (sulfide) groups is 1. The van der Waals surface area contributed by atoms with Crippen molar-refractivity contribution in [3.05, 3.63) is 30.1 Å². The van der Waals surface area contributed by atoms with E-state index in [-0.39, 0.29) is 15.9 Å². The molecule has 0 spiro atoms. The van der Waals surface area contributed by atoms with Crippen molar-refractivity contribution in [1.82, 2.24) is 10.2 Å². The van der Waals surface area contributed by atoms with E-state index in [0.29, 0.717) is 10.1 Å². The molecule has 124 valence electrons. The molecule has 1 aliphatic rings. The van der Waals surface area contributed by atoms with Crippen LogP contribution in [0.1, 0.15) is 6.42 Å². The van der Waals surface area contributed by atoms with Crippen molar-refractivity contribution in [2.24, 2.45) is 5.92 Å². The lowest BCUT2D eigenvalue weighted by Gasteiger charge is -2.04. The Kier molecular flexibility index (Phi) is 4.76. The summed E-state index contributed by atoms with van der Waals surface area (Å²) in [5.41, 5.74) is 0. The van der Waals surface area contributed by atoms with Crippen LogP contribution < -0.4 is 4.72 Å². The molecule has 1 aromatic heterocycles. The predicted molar refractivity (Wildman–Crippen MR) is 90.4 cm³/mol. The number of nitrogens with zero attached hydrogens (tertiary/aromatic N) is 2. The van der Waals surface area contributed by atoms with E-state index in [0.717, 1.165) is 23.8 Å². The molecule has 1 aliphatic carbocycles. The lowest BCUT2D eigenvalue weighted by atomic mass is 10.4. The highest BCUT2D eigenvalue weighted by Crippen LogP contribution is 2.55. The maximum absolute atomic E-state index is 13.1. The highest BCUT2D eigenvalue weighted by molar-refractivity contribution is 8.01. The number of alkyl halides is 2. The van der Waals surface area contributed by atoms with E-state index in [2.05, 4.69) is 14.9 Å². The van der Waals surface area contributed by atoms with E-state index >= 15 is 0 Å². The normalized spacial score (nSPS) is 19.5. The Hall–Kier alpha value is -0.610. The molecule has 1 saturated carbocycles. The first-order valence-electron chi connectivity index (χ1n) is 6.39. The van der Waals surface area contributed by atoms with Gasteiger partial charge in [-0.15, -0.1) is 33.4 Å². The molecule has 11 heteroatoms. The van der Waals surface area contributed by atoms with Gasteiger partial charge in [-0.3, -0.25) is 4.72 Å². The van der Waals surface area contributed by atoms with Crippen LogP contribution in [0.25, 0.3) is 0 Å². The van der Waals surface area contributed by atoms with E-state index in [1.165, 1.54) is 30.0 Å². The van der Waals surface area contributed by atoms with Crippen LogP contribution in [0.4, 0.5) is 9.52 Å². The zero-order chi connectivity index (χ0) is 16.7. The topological polar surface area (TPSA) is 72.0 Å². The van der Waals surface area contributed by atoms with Gasteiger partial charge in [-0.05, 0) is 24.6 Å². The molecule has 0 bridgehead atoms. The highest BCUT2D eigenvalue weighted by atomic mass is 35.5. The van der Waals surface area contributed by atoms with E-state index in [1.54, 1.807) is 0 Å². The van der Waals surface area contributed by atoms with Crippen LogP contribution in [-0.4, -0.2) is 28.7 Å². The number of sulfonamides is 1. The molecule has 0 aliphatic heterocycles. The first-order chi connectivity index (χ1) is 10.8. The minimum Gasteiger partial charge on any atom is -0.253 e. The van der Waals surface area contributed by atoms with E-state index in [4.69, 9.17) is 23.2 Å². The first-order valence-corrected chi connectivity index (χ1v) is 10.4. The molecule has 1 aromatic carbocycles. The van der Waals surface area contributed by atoms with Crippen molar-refractivity contribution in [2.45, 2.75) is 20.0 Å². The third-order valence-electron chi connectivity index (χ3n) is 3.10. The quantitative estimate of drug-likeness (QED) is 0.576. The number of halogens is 3. The number of hydrogen-bond acceptors (Lipinski definition) is 6. The maximum Gasteiger partial charge on any atom is 0.263 e. The molecule has 1 heterocycles. The number of anilines is 1. The summed E-state index contributed by atoms with van der Waals surface area (Å²) >= 11 is 14.4. The second-order valence-electron chi connectivity index (χ2n) is 4.91. The lowest BCUT2D eigenvalue weighted by Crippen LogP contribution is -2.12. The van der Waals surface area contributed by atoms with Crippen LogP contribution in [0.5, 0.6) is 0 Å². The molecule has 0 saturated heterocycles. The number of hydrogen-bond donors (Lipinski definition) is 1. The Balaban J connectivity index is 1.64. The molecule has 1 atom stereocenters. The van der Waals surface area contributed by atoms with Gasteiger partial charge in [-0.1, -0.05) is 29.2 Å². The van der Waals surface area contributed by atoms with Crippen LogP contribution in [0.3, 0.4) is 0 Å². The summed E-state index contributed by atoms with van der Waals surface area (Å²) < 4.78 is 39.7. The maximum atomic E-state index is 13.1. The smallest absolute Gasteiger partial charge is 0.253 e. The molecule has 0 amide bonds. The Labute approximate surface area is 150 Å². The summed E-state index contributed by atoms with van der Waals surface area (Å²) in [6.45, 7) is 0. The summed E-state index contributed by atoms with van der Waals surface area (Å²) in [5.74, 6) is 0.266. The fourth-order valence-electron chi connectivity index (χ4n) is 1.74. The monoisotopic (exact) mass is 413 g/mol. The van der Waals surface area contributed by atoms with Crippen molar-refractivity contribution in [3.8, 4) is 0 Å². The summed E-state index contributed by atoms with van der Waals surface area (Å²) in [4.78, 5) is -0.172. The van der Waals surface area contributed by atoms with Gasteiger partial charge in [0.25, 0.3) is 10.0 Å². The number of benzene rings is 1. The van der Waals surface area contributed by atoms with Gasteiger partial charge in [0.15, 0.2) is 4.34 Å². The predicted octanol–water partition coefficient (Wildman–Crippen LogP) is 3.76. The SMILES string of the molecule is O=S(=O)(Nc1nnc(SCC2CC2(Cl)Cl)s1)c1cccc(F)c1. The number of rotatable bonds is 6. The average Bonchev–Trinajstić information content (AvgIpc) is 2.87. The van der Waals surface area contributed by atoms with Gasteiger partial charge in [0.2, 0.25) is 5.13 Å². The van der Waals surface area contributed by atoms with Crippen molar-refractivity contribution in [2.75, 3.05) is 10.5 Å². The molecule has 1 fully saturated rings. The van der Waals surface area contributed by atoms with E-state index < -0.39 is 20.2 Å². The zero-order valence-corrected chi connectivity index (χ0v) is 15.3. The third kappa shape index (κ3) is 4.27. The van der Waals surface area contributed by atoms with Crippen molar-refractivity contribution >= 4 is 61.5 Å². The van der Waals surface area contributed by atoms with Crippen LogP contribution in [0, 0.1) is 11.7 Å². The summed E-state index contributed by atoms with van der Waals surface area (Å²) in [7, 11) is -3.89. The summed E-state index contributed by atoms with van der Waals surface area (Å²) in [6, 6.07) is 4.73. The van der Waals surface area contributed by atoms with Gasteiger partial charge in [-0.25, -0.2) is 12.8 Å².